The highest BCUT2D eigenvalue weighted by molar-refractivity contribution is 7.81. The Morgan fingerprint density at radius 1 is 1.59 bits per heavy atom. The van der Waals surface area contributed by atoms with Gasteiger partial charge in [-0.05, 0) is 30.2 Å². The van der Waals surface area contributed by atoms with E-state index in [1.807, 2.05) is 0 Å². The van der Waals surface area contributed by atoms with E-state index in [1.165, 1.54) is 19.1 Å². The quantitative estimate of drug-likeness (QED) is 0.292. The first-order valence-corrected chi connectivity index (χ1v) is 5.68. The van der Waals surface area contributed by atoms with E-state index in [2.05, 4.69) is 14.2 Å². The second kappa shape index (κ2) is 4.89. The molecule has 0 spiro atoms. The fourth-order valence-corrected chi connectivity index (χ4v) is 1.55. The first-order valence-electron chi connectivity index (χ1n) is 4.37. The highest BCUT2D eigenvalue weighted by Crippen LogP contribution is 2.27. The van der Waals surface area contributed by atoms with Crippen LogP contribution < -0.4 is 9.92 Å². The Hall–Kier alpha value is -1.99. The minimum absolute atomic E-state index is 0.0380. The molecule has 0 atom stereocenters. The molecule has 17 heavy (non-hydrogen) atoms. The molecule has 1 aromatic rings. The van der Waals surface area contributed by atoms with E-state index in [9.17, 15) is 12.3 Å². The minimum atomic E-state index is -5.11. The zero-order chi connectivity index (χ0) is 13.1. The maximum absolute atomic E-state index is 12.4. The zero-order valence-corrected chi connectivity index (χ0v) is 9.61. The topological polar surface area (TPSA) is 118 Å². The van der Waals surface area contributed by atoms with Gasteiger partial charge in [-0.3, -0.25) is 0 Å². The fraction of sp³-hybridized carbons (Fsp3) is 0.250. The van der Waals surface area contributed by atoms with E-state index in [-0.39, 0.29) is 23.5 Å². The van der Waals surface area contributed by atoms with Crippen LogP contribution in [0.25, 0.3) is 10.4 Å². The summed E-state index contributed by atoms with van der Waals surface area (Å²) in [5.41, 5.74) is 14.7. The van der Waals surface area contributed by atoms with Crippen LogP contribution in [0.15, 0.2) is 17.2 Å². The number of hydrogen-bond donors (Lipinski definition) is 1. The summed E-state index contributed by atoms with van der Waals surface area (Å²) in [7, 11) is -5.11. The van der Waals surface area contributed by atoms with E-state index in [4.69, 9.17) is 11.3 Å². The second-order valence-corrected chi connectivity index (χ2v) is 4.13. The molecule has 0 aliphatic carbocycles. The van der Waals surface area contributed by atoms with Gasteiger partial charge in [0, 0.05) is 16.2 Å². The highest BCUT2D eigenvalue weighted by atomic mass is 32.3. The van der Waals surface area contributed by atoms with Gasteiger partial charge < -0.3 is 9.92 Å². The first kappa shape index (κ1) is 13.1. The van der Waals surface area contributed by atoms with Crippen LogP contribution in [0, 0.1) is 6.92 Å². The van der Waals surface area contributed by atoms with Crippen molar-refractivity contribution < 1.29 is 16.5 Å². The number of nitrogens with zero attached hydrogens (tertiary/aromatic N) is 3. The van der Waals surface area contributed by atoms with Crippen LogP contribution in [-0.4, -0.2) is 8.42 Å². The fourth-order valence-electron chi connectivity index (χ4n) is 1.17. The molecule has 0 saturated carbocycles. The summed E-state index contributed by atoms with van der Waals surface area (Å²) in [4.78, 5) is 2.54. The molecule has 0 aliphatic heterocycles. The lowest BCUT2D eigenvalue weighted by Gasteiger charge is -2.09. The third-order valence-electron chi connectivity index (χ3n) is 1.97. The van der Waals surface area contributed by atoms with Gasteiger partial charge in [0.05, 0.1) is 6.54 Å². The monoisotopic (exact) mass is 260 g/mol. The molecular weight excluding hydrogens is 251 g/mol. The van der Waals surface area contributed by atoms with Gasteiger partial charge in [0.2, 0.25) is 0 Å². The van der Waals surface area contributed by atoms with Crippen LogP contribution in [0.2, 0.25) is 0 Å². The predicted octanol–water partition coefficient (Wildman–Crippen LogP) is 1.98. The lowest BCUT2D eigenvalue weighted by atomic mass is 10.1. The smallest absolute Gasteiger partial charge is 0.398 e. The Kier molecular flexibility index (Phi) is 3.77. The summed E-state index contributed by atoms with van der Waals surface area (Å²) in [5, 5.41) is 3.28. The lowest BCUT2D eigenvalue weighted by molar-refractivity contribution is 0.438. The van der Waals surface area contributed by atoms with Gasteiger partial charge in [0.1, 0.15) is 0 Å². The Morgan fingerprint density at radius 3 is 2.76 bits per heavy atom. The standard InChI is InChI=1S/C8H9FN4O3S/c1-5-7(10)2-6(4-12-13-11)3-8(5)16-17(9,14)15/h2-3H,4,10H2,1H3. The largest absolute Gasteiger partial charge is 0.488 e. The Labute approximate surface area is 97.0 Å². The van der Waals surface area contributed by atoms with E-state index in [0.29, 0.717) is 5.56 Å². The number of azide groups is 1. The van der Waals surface area contributed by atoms with Crippen molar-refractivity contribution >= 4 is 16.2 Å². The summed E-state index contributed by atoms with van der Waals surface area (Å²) in [6.07, 6.45) is 0. The third kappa shape index (κ3) is 3.82. The van der Waals surface area contributed by atoms with Crippen LogP contribution in [0.5, 0.6) is 5.75 Å². The number of nitrogen functional groups attached to an aromatic ring is 1. The van der Waals surface area contributed by atoms with E-state index in [1.54, 1.807) is 0 Å². The molecule has 1 rings (SSSR count). The SMILES string of the molecule is Cc1c(N)cc(CN=[N+]=[N-])cc1OS(=O)(=O)F. The molecule has 1 aromatic carbocycles. The molecule has 0 unspecified atom stereocenters. The van der Waals surface area contributed by atoms with Crippen molar-refractivity contribution in [2.75, 3.05) is 5.73 Å². The van der Waals surface area contributed by atoms with Crippen molar-refractivity contribution in [1.82, 2.24) is 0 Å². The summed E-state index contributed by atoms with van der Waals surface area (Å²) in [6.45, 7) is 1.44. The molecule has 0 saturated heterocycles. The molecule has 0 amide bonds. The van der Waals surface area contributed by atoms with Gasteiger partial charge in [-0.1, -0.05) is 9.00 Å². The number of rotatable bonds is 4. The molecule has 0 bridgehead atoms. The van der Waals surface area contributed by atoms with Crippen molar-refractivity contribution in [3.63, 3.8) is 0 Å². The van der Waals surface area contributed by atoms with Crippen molar-refractivity contribution in [3.8, 4) is 5.75 Å². The third-order valence-corrected chi connectivity index (χ3v) is 2.34. The van der Waals surface area contributed by atoms with Crippen LogP contribution in [0.1, 0.15) is 11.1 Å². The van der Waals surface area contributed by atoms with E-state index in [0.717, 1.165) is 0 Å². The summed E-state index contributed by atoms with van der Waals surface area (Å²) in [6, 6.07) is 2.74. The molecule has 9 heteroatoms. The number of anilines is 1. The Balaban J connectivity index is 3.19. The van der Waals surface area contributed by atoms with Gasteiger partial charge >= 0.3 is 10.5 Å². The van der Waals surface area contributed by atoms with Crippen LogP contribution in [0.4, 0.5) is 9.57 Å². The van der Waals surface area contributed by atoms with Crippen LogP contribution in [0.3, 0.4) is 0 Å². The molecule has 0 aromatic heterocycles. The summed E-state index contributed by atoms with van der Waals surface area (Å²) >= 11 is 0. The van der Waals surface area contributed by atoms with Crippen LogP contribution in [-0.2, 0) is 17.0 Å². The van der Waals surface area contributed by atoms with Gasteiger partial charge in [0.15, 0.2) is 5.75 Å². The number of nitrogens with two attached hydrogens (primary N) is 1. The van der Waals surface area contributed by atoms with Gasteiger partial charge in [-0.25, -0.2) is 0 Å². The number of halogens is 1. The van der Waals surface area contributed by atoms with Gasteiger partial charge in [0.25, 0.3) is 0 Å². The summed E-state index contributed by atoms with van der Waals surface area (Å²) < 4.78 is 37.3. The van der Waals surface area contributed by atoms with Crippen molar-refractivity contribution in [2.45, 2.75) is 13.5 Å². The molecule has 0 radical (unpaired) electrons. The number of hydrogen-bond acceptors (Lipinski definition) is 5. The van der Waals surface area contributed by atoms with Gasteiger partial charge in [-0.15, -0.1) is 0 Å². The van der Waals surface area contributed by atoms with Crippen molar-refractivity contribution in [1.29, 1.82) is 0 Å². The highest BCUT2D eigenvalue weighted by Gasteiger charge is 2.14. The van der Waals surface area contributed by atoms with E-state index < -0.39 is 10.5 Å². The first-order chi connectivity index (χ1) is 7.83. The second-order valence-electron chi connectivity index (χ2n) is 3.17. The lowest BCUT2D eigenvalue weighted by Crippen LogP contribution is -2.05. The minimum Gasteiger partial charge on any atom is -0.398 e. The molecule has 0 fully saturated rings. The summed E-state index contributed by atoms with van der Waals surface area (Å²) in [5.74, 6) is -0.226. The molecular formula is C8H9FN4O3S. The molecule has 0 aliphatic rings. The molecule has 2 N–H and O–H groups in total. The average Bonchev–Trinajstić information content (AvgIpc) is 2.20. The van der Waals surface area contributed by atoms with E-state index >= 15 is 0 Å². The van der Waals surface area contributed by atoms with Crippen molar-refractivity contribution in [3.05, 3.63) is 33.7 Å². The maximum atomic E-state index is 12.4. The molecule has 92 valence electrons. The van der Waals surface area contributed by atoms with Crippen molar-refractivity contribution in [2.24, 2.45) is 5.11 Å². The normalized spacial score (nSPS) is 10.7. The predicted molar refractivity (Wildman–Crippen MR) is 59.1 cm³/mol. The molecule has 7 nitrogen and oxygen atoms in total. The Morgan fingerprint density at radius 2 is 2.24 bits per heavy atom. The zero-order valence-electron chi connectivity index (χ0n) is 8.79. The number of benzene rings is 1. The molecule has 0 heterocycles. The maximum Gasteiger partial charge on any atom is 0.488 e. The Bertz CT molecular complexity index is 581. The van der Waals surface area contributed by atoms with Crippen LogP contribution >= 0.6 is 0 Å². The van der Waals surface area contributed by atoms with Gasteiger partial charge in [-0.2, -0.15) is 8.42 Å². The average molecular weight is 260 g/mol.